The molecule has 1 heterocycles. The normalized spacial score (nSPS) is 15.8. The van der Waals surface area contributed by atoms with Gasteiger partial charge in [-0.05, 0) is 57.8 Å². The molecular formula is C17H15ClINO. The van der Waals surface area contributed by atoms with Crippen molar-refractivity contribution in [3.05, 3.63) is 62.7 Å². The van der Waals surface area contributed by atoms with Crippen molar-refractivity contribution in [1.82, 2.24) is 0 Å². The third-order valence-corrected chi connectivity index (χ3v) is 5.39. The maximum atomic E-state index is 11.7. The van der Waals surface area contributed by atoms with Gasteiger partial charge in [0.25, 0.3) is 0 Å². The van der Waals surface area contributed by atoms with Crippen LogP contribution in [0.15, 0.2) is 42.5 Å². The second kappa shape index (κ2) is 5.97. The Hall–Kier alpha value is -1.07. The molecule has 1 atom stereocenters. The van der Waals surface area contributed by atoms with Crippen LogP contribution < -0.4 is 4.90 Å². The molecule has 0 aromatic heterocycles. The molecule has 0 N–H and O–H groups in total. The zero-order valence-corrected chi connectivity index (χ0v) is 14.6. The summed E-state index contributed by atoms with van der Waals surface area (Å²) in [7, 11) is 1.83. The molecule has 2 aromatic rings. The Balaban J connectivity index is 1.98. The lowest BCUT2D eigenvalue weighted by molar-refractivity contribution is -0.118. The molecule has 1 amide bonds. The maximum Gasteiger partial charge on any atom is 0.227 e. The molecular weight excluding hydrogens is 397 g/mol. The molecule has 0 saturated heterocycles. The first-order valence-corrected chi connectivity index (χ1v) is 8.37. The molecule has 1 unspecified atom stereocenters. The number of benzene rings is 2. The van der Waals surface area contributed by atoms with Crippen LogP contribution in [0.5, 0.6) is 0 Å². The van der Waals surface area contributed by atoms with Crippen molar-refractivity contribution in [2.75, 3.05) is 11.9 Å². The number of halogens is 2. The van der Waals surface area contributed by atoms with Gasteiger partial charge in [0.1, 0.15) is 0 Å². The van der Waals surface area contributed by atoms with E-state index in [1.54, 1.807) is 4.90 Å². The highest BCUT2D eigenvalue weighted by atomic mass is 127. The number of alkyl halides is 1. The molecule has 108 valence electrons. The molecule has 4 heteroatoms. The predicted octanol–water partition coefficient (Wildman–Crippen LogP) is 4.53. The molecule has 0 aliphatic carbocycles. The van der Waals surface area contributed by atoms with Crippen LogP contribution in [-0.4, -0.2) is 13.0 Å². The minimum absolute atomic E-state index is 0.161. The molecule has 0 fully saturated rings. The van der Waals surface area contributed by atoms with Gasteiger partial charge in [-0.2, -0.15) is 0 Å². The topological polar surface area (TPSA) is 20.3 Å². The number of carbonyl (C=O) groups is 1. The van der Waals surface area contributed by atoms with Crippen LogP contribution in [0.3, 0.4) is 0 Å². The molecule has 0 radical (unpaired) electrons. The van der Waals surface area contributed by atoms with Crippen LogP contribution in [0.4, 0.5) is 5.69 Å². The van der Waals surface area contributed by atoms with Crippen LogP contribution in [0.2, 0.25) is 0 Å². The minimum Gasteiger partial charge on any atom is -0.315 e. The average Bonchev–Trinajstić information content (AvgIpc) is 2.50. The Labute approximate surface area is 143 Å². The fourth-order valence-electron chi connectivity index (χ4n) is 2.69. The molecule has 0 saturated carbocycles. The average molecular weight is 412 g/mol. The van der Waals surface area contributed by atoms with Gasteiger partial charge in [-0.15, -0.1) is 11.6 Å². The highest BCUT2D eigenvalue weighted by Crippen LogP contribution is 2.35. The molecule has 2 nitrogen and oxygen atoms in total. The second-order valence-electron chi connectivity index (χ2n) is 5.22. The van der Waals surface area contributed by atoms with E-state index in [0.29, 0.717) is 6.42 Å². The zero-order valence-electron chi connectivity index (χ0n) is 11.6. The van der Waals surface area contributed by atoms with Gasteiger partial charge < -0.3 is 4.90 Å². The monoisotopic (exact) mass is 411 g/mol. The summed E-state index contributed by atoms with van der Waals surface area (Å²) in [6.45, 7) is 0. The number of hydrogen-bond donors (Lipinski definition) is 0. The van der Waals surface area contributed by atoms with E-state index in [1.165, 1.54) is 9.13 Å². The van der Waals surface area contributed by atoms with Crippen LogP contribution in [-0.2, 0) is 11.2 Å². The summed E-state index contributed by atoms with van der Waals surface area (Å²) in [4.78, 5) is 13.5. The molecule has 21 heavy (non-hydrogen) atoms. The molecule has 0 bridgehead atoms. The standard InChI is InChI=1S/C17H15ClINO/c1-20-15-8-6-12(10-11(15)7-9-16(20)21)17(18)13-4-2-3-5-14(13)19/h2-6,8,10,17H,7,9H2,1H3. The van der Waals surface area contributed by atoms with E-state index in [2.05, 4.69) is 40.8 Å². The predicted molar refractivity (Wildman–Crippen MR) is 95.0 cm³/mol. The van der Waals surface area contributed by atoms with Gasteiger partial charge in [-0.1, -0.05) is 30.3 Å². The number of aryl methyl sites for hydroxylation is 1. The first kappa shape index (κ1) is 14.9. The van der Waals surface area contributed by atoms with E-state index < -0.39 is 0 Å². The van der Waals surface area contributed by atoms with Gasteiger partial charge in [0, 0.05) is 22.7 Å². The lowest BCUT2D eigenvalue weighted by atomic mass is 9.96. The number of carbonyl (C=O) groups excluding carboxylic acids is 1. The zero-order chi connectivity index (χ0) is 15.0. The minimum atomic E-state index is -0.161. The van der Waals surface area contributed by atoms with Crippen molar-refractivity contribution in [3.8, 4) is 0 Å². The van der Waals surface area contributed by atoms with Crippen molar-refractivity contribution >= 4 is 45.8 Å². The Morgan fingerprint density at radius 2 is 1.95 bits per heavy atom. The SMILES string of the molecule is CN1C(=O)CCc2cc(C(Cl)c3ccccc3I)ccc21. The summed E-state index contributed by atoms with van der Waals surface area (Å²) in [6, 6.07) is 14.3. The van der Waals surface area contributed by atoms with E-state index in [9.17, 15) is 4.79 Å². The van der Waals surface area contributed by atoms with Crippen molar-refractivity contribution < 1.29 is 4.79 Å². The number of fused-ring (bicyclic) bond motifs is 1. The first-order valence-electron chi connectivity index (χ1n) is 6.86. The van der Waals surface area contributed by atoms with Crippen LogP contribution in [0, 0.1) is 3.57 Å². The molecule has 1 aliphatic rings. The number of nitrogens with zero attached hydrogens (tertiary/aromatic N) is 1. The number of hydrogen-bond acceptors (Lipinski definition) is 1. The Morgan fingerprint density at radius 1 is 1.19 bits per heavy atom. The number of rotatable bonds is 2. The number of anilines is 1. The lowest BCUT2D eigenvalue weighted by Crippen LogP contribution is -2.31. The van der Waals surface area contributed by atoms with Crippen LogP contribution in [0.25, 0.3) is 0 Å². The summed E-state index contributed by atoms with van der Waals surface area (Å²) in [6.07, 6.45) is 1.37. The summed E-state index contributed by atoms with van der Waals surface area (Å²) in [5, 5.41) is -0.161. The molecule has 3 rings (SSSR count). The van der Waals surface area contributed by atoms with Gasteiger partial charge in [0.05, 0.1) is 5.38 Å². The fraction of sp³-hybridized carbons (Fsp3) is 0.235. The fourth-order valence-corrected chi connectivity index (χ4v) is 3.90. The second-order valence-corrected chi connectivity index (χ2v) is 6.82. The van der Waals surface area contributed by atoms with Crippen molar-refractivity contribution in [1.29, 1.82) is 0 Å². The third-order valence-electron chi connectivity index (χ3n) is 3.92. The molecule has 0 spiro atoms. The van der Waals surface area contributed by atoms with Crippen molar-refractivity contribution in [3.63, 3.8) is 0 Å². The van der Waals surface area contributed by atoms with Crippen LogP contribution in [0.1, 0.15) is 28.5 Å². The van der Waals surface area contributed by atoms with E-state index in [0.717, 1.165) is 23.2 Å². The van der Waals surface area contributed by atoms with Gasteiger partial charge in [-0.3, -0.25) is 4.79 Å². The van der Waals surface area contributed by atoms with Gasteiger partial charge in [0.15, 0.2) is 0 Å². The van der Waals surface area contributed by atoms with E-state index in [1.807, 2.05) is 31.3 Å². The van der Waals surface area contributed by atoms with Gasteiger partial charge in [0.2, 0.25) is 5.91 Å². The van der Waals surface area contributed by atoms with E-state index >= 15 is 0 Å². The maximum absolute atomic E-state index is 11.7. The number of amides is 1. The summed E-state index contributed by atoms with van der Waals surface area (Å²) in [5.41, 5.74) is 4.41. The first-order chi connectivity index (χ1) is 10.1. The van der Waals surface area contributed by atoms with Crippen molar-refractivity contribution in [2.45, 2.75) is 18.2 Å². The summed E-state index contributed by atoms with van der Waals surface area (Å²) in [5.74, 6) is 0.176. The van der Waals surface area contributed by atoms with E-state index in [4.69, 9.17) is 11.6 Å². The summed E-state index contributed by atoms with van der Waals surface area (Å²) >= 11 is 8.97. The lowest BCUT2D eigenvalue weighted by Gasteiger charge is -2.26. The largest absolute Gasteiger partial charge is 0.315 e. The Bertz CT molecular complexity index is 701. The van der Waals surface area contributed by atoms with Gasteiger partial charge >= 0.3 is 0 Å². The van der Waals surface area contributed by atoms with Crippen molar-refractivity contribution in [2.24, 2.45) is 0 Å². The highest BCUT2D eigenvalue weighted by Gasteiger charge is 2.22. The molecule has 2 aromatic carbocycles. The quantitative estimate of drug-likeness (QED) is 0.525. The summed E-state index contributed by atoms with van der Waals surface area (Å²) < 4.78 is 1.17. The Morgan fingerprint density at radius 3 is 2.71 bits per heavy atom. The highest BCUT2D eigenvalue weighted by molar-refractivity contribution is 14.1. The third kappa shape index (κ3) is 2.81. The smallest absolute Gasteiger partial charge is 0.227 e. The van der Waals surface area contributed by atoms with Gasteiger partial charge in [-0.25, -0.2) is 0 Å². The van der Waals surface area contributed by atoms with E-state index in [-0.39, 0.29) is 11.3 Å². The Kier molecular flexibility index (Phi) is 4.22. The van der Waals surface area contributed by atoms with Crippen LogP contribution >= 0.6 is 34.2 Å². The molecule has 1 aliphatic heterocycles.